The van der Waals surface area contributed by atoms with Gasteiger partial charge in [0.05, 0.1) is 19.0 Å². The molecule has 0 radical (unpaired) electrons. The number of nitrogens with zero attached hydrogens (tertiary/aromatic N) is 2. The van der Waals surface area contributed by atoms with Crippen molar-refractivity contribution in [3.8, 4) is 0 Å². The van der Waals surface area contributed by atoms with Gasteiger partial charge in [0.1, 0.15) is 18.0 Å². The summed E-state index contributed by atoms with van der Waals surface area (Å²) < 4.78 is 30.2. The largest absolute Gasteiger partial charge is 0.367 e. The first-order valence-corrected chi connectivity index (χ1v) is 8.91. The van der Waals surface area contributed by atoms with Gasteiger partial charge in [-0.3, -0.25) is 14.6 Å². The first-order valence-electron chi connectivity index (χ1n) is 8.53. The summed E-state index contributed by atoms with van der Waals surface area (Å²) in [4.78, 5) is 30.8. The lowest BCUT2D eigenvalue weighted by molar-refractivity contribution is -0.126. The van der Waals surface area contributed by atoms with Gasteiger partial charge in [-0.05, 0) is 17.7 Å². The third kappa shape index (κ3) is 7.92. The third-order valence-corrected chi connectivity index (χ3v) is 3.79. The molecule has 0 aliphatic heterocycles. The van der Waals surface area contributed by atoms with Crippen LogP contribution in [0.4, 0.5) is 8.78 Å². The lowest BCUT2D eigenvalue weighted by Crippen LogP contribution is -2.31. The Balaban J connectivity index is 1.64. The van der Waals surface area contributed by atoms with Crippen LogP contribution in [0.3, 0.4) is 0 Å². The lowest BCUT2D eigenvalue weighted by Gasteiger charge is -2.10. The number of ether oxygens (including phenoxy) is 1. The van der Waals surface area contributed by atoms with Gasteiger partial charge in [0.2, 0.25) is 5.91 Å². The molecule has 2 aromatic rings. The summed E-state index contributed by atoms with van der Waals surface area (Å²) in [6.45, 7) is 4.03. The Kier molecular flexibility index (Phi) is 8.63. The molecule has 0 aliphatic carbocycles. The fourth-order valence-corrected chi connectivity index (χ4v) is 2.36. The van der Waals surface area contributed by atoms with Gasteiger partial charge in [-0.2, -0.15) is 0 Å². The summed E-state index contributed by atoms with van der Waals surface area (Å²) in [5, 5.41) is 5.69. The van der Waals surface area contributed by atoms with Crippen LogP contribution in [0, 0.1) is 0 Å². The zero-order chi connectivity index (χ0) is 21.2. The number of hydrogen-bond donors (Lipinski definition) is 2. The number of carbonyl (C=O) groups is 2. The molecule has 2 amide bonds. The van der Waals surface area contributed by atoms with Gasteiger partial charge < -0.3 is 15.4 Å². The van der Waals surface area contributed by atoms with Crippen LogP contribution in [0.15, 0.2) is 48.9 Å². The molecule has 7 nitrogen and oxygen atoms in total. The molecule has 1 heterocycles. The standard InChI is InChI=1S/C19H19ClF2N4O3/c1-12(26-19(28)16-9-24-15(8-25-16)18(21)22)5-6-23-17(27)11-29-10-13-3-2-4-14(20)7-13/h2-4,7-9,18H,1,5-6,10-11H2,(H,23,27)(H,26,28). The topological polar surface area (TPSA) is 93.2 Å². The van der Waals surface area contributed by atoms with Crippen molar-refractivity contribution in [2.45, 2.75) is 19.5 Å². The smallest absolute Gasteiger partial charge is 0.281 e. The first kappa shape index (κ1) is 22.4. The van der Waals surface area contributed by atoms with E-state index in [0.29, 0.717) is 10.7 Å². The van der Waals surface area contributed by atoms with Crippen molar-refractivity contribution in [2.75, 3.05) is 13.2 Å². The third-order valence-electron chi connectivity index (χ3n) is 3.56. The Hall–Kier alpha value is -2.91. The second-order valence-corrected chi connectivity index (χ2v) is 6.34. The second-order valence-electron chi connectivity index (χ2n) is 5.91. The van der Waals surface area contributed by atoms with E-state index < -0.39 is 18.0 Å². The summed E-state index contributed by atoms with van der Waals surface area (Å²) in [5.41, 5.74) is 0.552. The van der Waals surface area contributed by atoms with Gasteiger partial charge >= 0.3 is 0 Å². The summed E-state index contributed by atoms with van der Waals surface area (Å²) in [6, 6.07) is 7.12. The van der Waals surface area contributed by atoms with E-state index in [2.05, 4.69) is 27.2 Å². The fourth-order valence-electron chi connectivity index (χ4n) is 2.15. The molecule has 0 atom stereocenters. The van der Waals surface area contributed by atoms with Gasteiger partial charge in [0.25, 0.3) is 12.3 Å². The lowest BCUT2D eigenvalue weighted by atomic mass is 10.2. The summed E-state index contributed by atoms with van der Waals surface area (Å²) in [7, 11) is 0. The molecule has 0 unspecified atom stereocenters. The van der Waals surface area contributed by atoms with Gasteiger partial charge in [-0.1, -0.05) is 30.3 Å². The van der Waals surface area contributed by atoms with E-state index in [1.54, 1.807) is 18.2 Å². The Labute approximate surface area is 171 Å². The van der Waals surface area contributed by atoms with Crippen LogP contribution in [-0.2, 0) is 16.1 Å². The van der Waals surface area contributed by atoms with Crippen LogP contribution < -0.4 is 10.6 Å². The van der Waals surface area contributed by atoms with Gasteiger partial charge in [-0.25, -0.2) is 13.8 Å². The predicted octanol–water partition coefficient (Wildman–Crippen LogP) is 3.03. The van der Waals surface area contributed by atoms with E-state index in [1.807, 2.05) is 6.07 Å². The highest BCUT2D eigenvalue weighted by molar-refractivity contribution is 6.30. The van der Waals surface area contributed by atoms with Gasteiger partial charge in [0, 0.05) is 23.7 Å². The quantitative estimate of drug-likeness (QED) is 0.611. The maximum absolute atomic E-state index is 12.4. The number of rotatable bonds is 10. The Bertz CT molecular complexity index is 863. The van der Waals surface area contributed by atoms with Crippen molar-refractivity contribution < 1.29 is 23.1 Å². The Morgan fingerprint density at radius 2 is 2.03 bits per heavy atom. The van der Waals surface area contributed by atoms with Crippen molar-refractivity contribution in [3.63, 3.8) is 0 Å². The van der Waals surface area contributed by atoms with Crippen LogP contribution in [0.2, 0.25) is 5.02 Å². The number of benzene rings is 1. The number of hydrogen-bond acceptors (Lipinski definition) is 5. The number of halogens is 3. The van der Waals surface area contributed by atoms with Crippen molar-refractivity contribution in [1.82, 2.24) is 20.6 Å². The Morgan fingerprint density at radius 3 is 2.69 bits per heavy atom. The molecule has 2 rings (SSSR count). The highest BCUT2D eigenvalue weighted by Crippen LogP contribution is 2.14. The fraction of sp³-hybridized carbons (Fsp3) is 0.263. The van der Waals surface area contributed by atoms with Gasteiger partial charge in [-0.15, -0.1) is 0 Å². The van der Waals surface area contributed by atoms with Crippen LogP contribution in [0.5, 0.6) is 0 Å². The molecular weight excluding hydrogens is 406 g/mol. The van der Waals surface area contributed by atoms with Crippen molar-refractivity contribution in [1.29, 1.82) is 0 Å². The minimum absolute atomic E-state index is 0.117. The molecule has 2 N–H and O–H groups in total. The first-order chi connectivity index (χ1) is 13.8. The SMILES string of the molecule is C=C(CCNC(=O)COCc1cccc(Cl)c1)NC(=O)c1cnc(C(F)F)cn1. The zero-order valence-electron chi connectivity index (χ0n) is 15.3. The van der Waals surface area contributed by atoms with Crippen molar-refractivity contribution in [2.24, 2.45) is 0 Å². The molecule has 154 valence electrons. The monoisotopic (exact) mass is 424 g/mol. The van der Waals surface area contributed by atoms with Crippen LogP contribution >= 0.6 is 11.6 Å². The van der Waals surface area contributed by atoms with Crippen molar-refractivity contribution in [3.05, 3.63) is 70.9 Å². The van der Waals surface area contributed by atoms with Crippen LogP contribution in [0.25, 0.3) is 0 Å². The van der Waals surface area contributed by atoms with E-state index in [1.165, 1.54) is 0 Å². The van der Waals surface area contributed by atoms with E-state index in [4.69, 9.17) is 16.3 Å². The van der Waals surface area contributed by atoms with Crippen LogP contribution in [0.1, 0.15) is 34.6 Å². The molecule has 0 aliphatic rings. The van der Waals surface area contributed by atoms with E-state index in [-0.39, 0.29) is 37.8 Å². The number of aromatic nitrogens is 2. The number of alkyl halides is 2. The number of carbonyl (C=O) groups excluding carboxylic acids is 2. The molecule has 0 bridgehead atoms. The number of nitrogens with one attached hydrogen (secondary N) is 2. The van der Waals surface area contributed by atoms with Crippen molar-refractivity contribution >= 4 is 23.4 Å². The minimum atomic E-state index is -2.76. The maximum atomic E-state index is 12.4. The summed E-state index contributed by atoms with van der Waals surface area (Å²) in [5.74, 6) is -0.945. The summed E-state index contributed by atoms with van der Waals surface area (Å²) >= 11 is 5.87. The maximum Gasteiger partial charge on any atom is 0.281 e. The summed E-state index contributed by atoms with van der Waals surface area (Å²) in [6.07, 6.45) is -0.684. The molecule has 0 saturated carbocycles. The molecule has 10 heteroatoms. The second kappa shape index (κ2) is 11.2. The molecular formula is C19H19ClF2N4O3. The average molecular weight is 425 g/mol. The minimum Gasteiger partial charge on any atom is -0.367 e. The molecule has 0 fully saturated rings. The highest BCUT2D eigenvalue weighted by Gasteiger charge is 2.13. The molecule has 29 heavy (non-hydrogen) atoms. The molecule has 0 spiro atoms. The normalized spacial score (nSPS) is 10.6. The molecule has 0 saturated heterocycles. The highest BCUT2D eigenvalue weighted by atomic mass is 35.5. The molecule has 1 aromatic carbocycles. The van der Waals surface area contributed by atoms with E-state index >= 15 is 0 Å². The van der Waals surface area contributed by atoms with E-state index in [9.17, 15) is 18.4 Å². The number of amides is 2. The Morgan fingerprint density at radius 1 is 1.24 bits per heavy atom. The predicted molar refractivity (Wildman–Crippen MR) is 102 cm³/mol. The molecule has 1 aromatic heterocycles. The zero-order valence-corrected chi connectivity index (χ0v) is 16.1. The average Bonchev–Trinajstić information content (AvgIpc) is 2.68. The van der Waals surface area contributed by atoms with E-state index in [0.717, 1.165) is 18.0 Å². The van der Waals surface area contributed by atoms with Crippen LogP contribution in [-0.4, -0.2) is 34.9 Å². The van der Waals surface area contributed by atoms with Gasteiger partial charge in [0.15, 0.2) is 0 Å².